The Morgan fingerprint density at radius 2 is 1.82 bits per heavy atom. The van der Waals surface area contributed by atoms with E-state index in [4.69, 9.17) is 9.47 Å². The highest BCUT2D eigenvalue weighted by atomic mass is 32.2. The Balaban J connectivity index is 1.21. The van der Waals surface area contributed by atoms with Crippen LogP contribution in [0, 0.1) is 10.1 Å². The number of non-ortho nitro benzene ring substituents is 1. The molecule has 2 aliphatic heterocycles. The fourth-order valence-electron chi connectivity index (χ4n) is 4.53. The molecule has 0 saturated carbocycles. The first-order valence-corrected chi connectivity index (χ1v) is 12.9. The first kappa shape index (κ1) is 25.2. The van der Waals surface area contributed by atoms with Gasteiger partial charge in [0.1, 0.15) is 6.54 Å². The molecular weight excluding hydrogens is 536 g/mol. The number of amides is 3. The maximum Gasteiger partial charge on any atom is 0.293 e. The second kappa shape index (κ2) is 10.2. The van der Waals surface area contributed by atoms with Crippen LogP contribution in [0.1, 0.15) is 11.1 Å². The van der Waals surface area contributed by atoms with Gasteiger partial charge in [-0.2, -0.15) is 0 Å². The number of nitrogens with one attached hydrogen (secondary N) is 1. The Kier molecular flexibility index (Phi) is 6.44. The average molecular weight is 557 g/mol. The smallest absolute Gasteiger partial charge is 0.293 e. The normalized spacial score (nSPS) is 15.3. The number of ether oxygens (including phenoxy) is 2. The number of nitro groups is 1. The van der Waals surface area contributed by atoms with E-state index in [-0.39, 0.29) is 36.4 Å². The lowest BCUT2D eigenvalue weighted by atomic mass is 10.1. The van der Waals surface area contributed by atoms with Gasteiger partial charge >= 0.3 is 0 Å². The third-order valence-corrected chi connectivity index (χ3v) is 7.35. The standard InChI is InChI=1S/C28H20N4O7S/c33-26(29-19-7-10-23-24(12-19)39-16-38-23)15-30-14-18(21-3-1-2-4-22(21)30)11-25-27(34)31(28(35)40-25)13-17-5-8-20(9-6-17)32(36)37/h1-12,14H,13,15-16H2,(H,29,33)/b25-11-. The summed E-state index contributed by atoms with van der Waals surface area (Å²) >= 11 is 0.827. The van der Waals surface area contributed by atoms with Gasteiger partial charge < -0.3 is 19.4 Å². The number of fused-ring (bicyclic) bond motifs is 2. The molecule has 1 fully saturated rings. The lowest BCUT2D eigenvalue weighted by Gasteiger charge is -2.12. The van der Waals surface area contributed by atoms with E-state index in [1.807, 2.05) is 24.3 Å². The quantitative estimate of drug-likeness (QED) is 0.188. The number of carbonyl (C=O) groups excluding carboxylic acids is 3. The van der Waals surface area contributed by atoms with E-state index in [9.17, 15) is 24.5 Å². The molecule has 1 N–H and O–H groups in total. The van der Waals surface area contributed by atoms with Crippen molar-refractivity contribution in [3.8, 4) is 11.5 Å². The van der Waals surface area contributed by atoms with Crippen LogP contribution in [0.5, 0.6) is 11.5 Å². The number of imide groups is 1. The van der Waals surface area contributed by atoms with Gasteiger partial charge in [-0.05, 0) is 41.6 Å². The lowest BCUT2D eigenvalue weighted by Crippen LogP contribution is -2.27. The third-order valence-electron chi connectivity index (χ3n) is 6.44. The fourth-order valence-corrected chi connectivity index (χ4v) is 5.36. The fraction of sp³-hybridized carbons (Fsp3) is 0.107. The van der Waals surface area contributed by atoms with Crippen LogP contribution in [-0.2, 0) is 22.7 Å². The molecule has 40 heavy (non-hydrogen) atoms. The van der Waals surface area contributed by atoms with E-state index in [0.29, 0.717) is 28.3 Å². The van der Waals surface area contributed by atoms with Crippen LogP contribution in [0.25, 0.3) is 17.0 Å². The lowest BCUT2D eigenvalue weighted by molar-refractivity contribution is -0.384. The van der Waals surface area contributed by atoms with Crippen LogP contribution in [0.15, 0.2) is 77.8 Å². The number of rotatable bonds is 7. The zero-order valence-corrected chi connectivity index (χ0v) is 21.6. The molecule has 3 heterocycles. The molecule has 3 amide bonds. The van der Waals surface area contributed by atoms with Gasteiger partial charge in [-0.25, -0.2) is 0 Å². The van der Waals surface area contributed by atoms with E-state index in [0.717, 1.165) is 27.6 Å². The molecule has 4 aromatic rings. The van der Waals surface area contributed by atoms with Crippen LogP contribution >= 0.6 is 11.8 Å². The molecule has 2 aliphatic rings. The Morgan fingerprint density at radius 3 is 2.62 bits per heavy atom. The zero-order valence-electron chi connectivity index (χ0n) is 20.7. The number of anilines is 1. The van der Waals surface area contributed by atoms with Crippen molar-refractivity contribution < 1.29 is 28.8 Å². The molecule has 200 valence electrons. The Morgan fingerprint density at radius 1 is 1.05 bits per heavy atom. The molecule has 0 spiro atoms. The SMILES string of the molecule is O=C(Cn1cc(/C=C2\SC(=O)N(Cc3ccc([N+](=O)[O-])cc3)C2=O)c2ccccc21)Nc1ccc2c(c1)OCO2. The Bertz CT molecular complexity index is 1730. The van der Waals surface area contributed by atoms with E-state index in [2.05, 4.69) is 5.32 Å². The largest absolute Gasteiger partial charge is 0.454 e. The molecule has 0 radical (unpaired) electrons. The first-order chi connectivity index (χ1) is 19.4. The highest BCUT2D eigenvalue weighted by Crippen LogP contribution is 2.36. The summed E-state index contributed by atoms with van der Waals surface area (Å²) in [6, 6.07) is 18.4. The highest BCUT2D eigenvalue weighted by Gasteiger charge is 2.35. The summed E-state index contributed by atoms with van der Waals surface area (Å²) in [5, 5.41) is 14.1. The molecule has 1 saturated heterocycles. The van der Waals surface area contributed by atoms with E-state index in [1.54, 1.807) is 35.0 Å². The van der Waals surface area contributed by atoms with Crippen molar-refractivity contribution in [1.82, 2.24) is 9.47 Å². The van der Waals surface area contributed by atoms with Crippen molar-refractivity contribution in [3.63, 3.8) is 0 Å². The number of carbonyl (C=O) groups is 3. The van der Waals surface area contributed by atoms with Crippen molar-refractivity contribution in [2.24, 2.45) is 0 Å². The number of aromatic nitrogens is 1. The summed E-state index contributed by atoms with van der Waals surface area (Å²) in [6.45, 7) is 0.160. The highest BCUT2D eigenvalue weighted by molar-refractivity contribution is 8.18. The average Bonchev–Trinajstić information content (AvgIpc) is 3.62. The van der Waals surface area contributed by atoms with Crippen LogP contribution in [-0.4, -0.2) is 38.2 Å². The monoisotopic (exact) mass is 556 g/mol. The molecule has 0 aliphatic carbocycles. The van der Waals surface area contributed by atoms with Gasteiger partial charge in [0.05, 0.1) is 16.4 Å². The van der Waals surface area contributed by atoms with Gasteiger partial charge in [0, 0.05) is 46.5 Å². The Labute approximate surface area is 231 Å². The predicted octanol–water partition coefficient (Wildman–Crippen LogP) is 5.15. The van der Waals surface area contributed by atoms with Crippen molar-refractivity contribution in [2.45, 2.75) is 13.1 Å². The molecule has 0 atom stereocenters. The first-order valence-electron chi connectivity index (χ1n) is 12.1. The number of thioether (sulfide) groups is 1. The molecule has 12 heteroatoms. The summed E-state index contributed by atoms with van der Waals surface area (Å²) in [4.78, 5) is 50.4. The summed E-state index contributed by atoms with van der Waals surface area (Å²) in [5.41, 5.74) is 2.58. The summed E-state index contributed by atoms with van der Waals surface area (Å²) in [5.74, 6) is 0.477. The molecule has 0 unspecified atom stereocenters. The van der Waals surface area contributed by atoms with Gasteiger partial charge in [-0.15, -0.1) is 0 Å². The van der Waals surface area contributed by atoms with E-state index >= 15 is 0 Å². The van der Waals surface area contributed by atoms with E-state index in [1.165, 1.54) is 24.3 Å². The topological polar surface area (TPSA) is 133 Å². The molecule has 6 rings (SSSR count). The third kappa shape index (κ3) is 4.87. The molecule has 0 bridgehead atoms. The van der Waals surface area contributed by atoms with Gasteiger partial charge in [0.25, 0.3) is 16.8 Å². The van der Waals surface area contributed by atoms with E-state index < -0.39 is 16.1 Å². The van der Waals surface area contributed by atoms with Crippen LogP contribution in [0.3, 0.4) is 0 Å². The van der Waals surface area contributed by atoms with Crippen LogP contribution in [0.2, 0.25) is 0 Å². The summed E-state index contributed by atoms with van der Waals surface area (Å²) in [6.07, 6.45) is 3.42. The van der Waals surface area contributed by atoms with Crippen molar-refractivity contribution >= 4 is 57.2 Å². The zero-order chi connectivity index (χ0) is 27.8. The minimum Gasteiger partial charge on any atom is -0.454 e. The van der Waals surface area contributed by atoms with Gasteiger partial charge in [-0.3, -0.25) is 29.4 Å². The number of benzene rings is 3. The summed E-state index contributed by atoms with van der Waals surface area (Å²) < 4.78 is 12.5. The van der Waals surface area contributed by atoms with Gasteiger partial charge in [0.2, 0.25) is 12.7 Å². The van der Waals surface area contributed by atoms with Crippen molar-refractivity contribution in [3.05, 3.63) is 99.1 Å². The van der Waals surface area contributed by atoms with Crippen molar-refractivity contribution in [1.29, 1.82) is 0 Å². The molecule has 1 aromatic heterocycles. The van der Waals surface area contributed by atoms with Crippen LogP contribution in [0.4, 0.5) is 16.2 Å². The minimum absolute atomic E-state index is 0.00178. The van der Waals surface area contributed by atoms with Gasteiger partial charge in [0.15, 0.2) is 11.5 Å². The van der Waals surface area contributed by atoms with Gasteiger partial charge in [-0.1, -0.05) is 30.3 Å². The molecular formula is C28H20N4O7S. The van der Waals surface area contributed by atoms with Crippen molar-refractivity contribution in [2.75, 3.05) is 12.1 Å². The number of hydrogen-bond donors (Lipinski definition) is 1. The second-order valence-corrected chi connectivity index (χ2v) is 10.0. The second-order valence-electron chi connectivity index (χ2n) is 9.04. The minimum atomic E-state index is -0.510. The maximum atomic E-state index is 13.1. The number of hydrogen-bond acceptors (Lipinski definition) is 8. The number of nitrogens with zero attached hydrogens (tertiary/aromatic N) is 3. The van der Waals surface area contributed by atoms with Crippen LogP contribution < -0.4 is 14.8 Å². The predicted molar refractivity (Wildman–Crippen MR) is 148 cm³/mol. The Hall–Kier alpha value is -5.10. The molecule has 3 aromatic carbocycles. The summed E-state index contributed by atoms with van der Waals surface area (Å²) in [7, 11) is 0. The molecule has 11 nitrogen and oxygen atoms in total. The number of nitro benzene ring substituents is 1. The number of para-hydroxylation sites is 1. The maximum absolute atomic E-state index is 13.1.